The normalized spacial score (nSPS) is 10.8. The number of furan rings is 1. The van der Waals surface area contributed by atoms with Crippen LogP contribution < -0.4 is 0 Å². The summed E-state index contributed by atoms with van der Waals surface area (Å²) in [5.41, 5.74) is 0. The minimum absolute atomic E-state index is 0.00350. The molecule has 1 aromatic rings. The fraction of sp³-hybridized carbons (Fsp3) is 0.727. The number of hydrogen-bond acceptors (Lipinski definition) is 7. The van der Waals surface area contributed by atoms with E-state index in [4.69, 9.17) is 24.1 Å². The Morgan fingerprint density at radius 1 is 0.621 bits per heavy atom. The van der Waals surface area contributed by atoms with Crippen LogP contribution in [0.25, 0.3) is 0 Å². The van der Waals surface area contributed by atoms with Gasteiger partial charge in [-0.15, -0.1) is 0 Å². The molecule has 0 amide bonds. The number of carbonyl (C=O) groups excluding carboxylic acids is 2. The molecule has 0 aliphatic rings. The minimum Gasteiger partial charge on any atom is -0.460 e. The van der Waals surface area contributed by atoms with Crippen LogP contribution in [0.2, 0.25) is 0 Å². The maximum absolute atomic E-state index is 12.0. The van der Waals surface area contributed by atoms with Gasteiger partial charge in [0.1, 0.15) is 0 Å². The molecule has 0 aromatic carbocycles. The number of aliphatic hydroxyl groups excluding tert-OH is 2. The summed E-state index contributed by atoms with van der Waals surface area (Å²) in [6, 6.07) is 2.85. The maximum atomic E-state index is 12.0. The summed E-state index contributed by atoms with van der Waals surface area (Å²) in [6.45, 7) is 1.11. The van der Waals surface area contributed by atoms with E-state index in [2.05, 4.69) is 0 Å². The summed E-state index contributed by atoms with van der Waals surface area (Å²) in [4.78, 5) is 23.9. The number of ether oxygens (including phenoxy) is 2. The van der Waals surface area contributed by atoms with E-state index in [0.29, 0.717) is 13.2 Å². The number of rotatable bonds is 18. The van der Waals surface area contributed by atoms with Crippen LogP contribution in [-0.2, 0) is 9.47 Å². The third-order valence-corrected chi connectivity index (χ3v) is 4.58. The first-order chi connectivity index (χ1) is 14.2. The van der Waals surface area contributed by atoms with Crippen molar-refractivity contribution in [2.45, 2.75) is 77.0 Å². The molecule has 0 aliphatic carbocycles. The van der Waals surface area contributed by atoms with Crippen molar-refractivity contribution in [1.29, 1.82) is 0 Å². The Hall–Kier alpha value is -1.86. The average molecular weight is 413 g/mol. The average Bonchev–Trinajstić information content (AvgIpc) is 3.22. The van der Waals surface area contributed by atoms with Crippen LogP contribution in [-0.4, -0.2) is 48.6 Å². The molecule has 0 atom stereocenters. The number of hydrogen-bond donors (Lipinski definition) is 2. The molecule has 1 rings (SSSR count). The van der Waals surface area contributed by atoms with E-state index in [1.807, 2.05) is 0 Å². The molecule has 0 radical (unpaired) electrons. The Balaban J connectivity index is 2.12. The Bertz CT molecular complexity index is 507. The van der Waals surface area contributed by atoms with Crippen LogP contribution in [0.15, 0.2) is 16.5 Å². The first-order valence-electron chi connectivity index (χ1n) is 10.8. The first-order valence-corrected chi connectivity index (χ1v) is 10.8. The molecular weight excluding hydrogens is 376 g/mol. The quantitative estimate of drug-likeness (QED) is 0.274. The molecule has 1 heterocycles. The SMILES string of the molecule is O=C(OCCCCCCCCO)c1ccc(C(=O)OCCCCCCCCO)o1. The van der Waals surface area contributed by atoms with Gasteiger partial charge in [0, 0.05) is 13.2 Å². The molecule has 0 bridgehead atoms. The van der Waals surface area contributed by atoms with Gasteiger partial charge in [-0.2, -0.15) is 0 Å². The summed E-state index contributed by atoms with van der Waals surface area (Å²) in [5.74, 6) is -1.15. The lowest BCUT2D eigenvalue weighted by Crippen LogP contribution is -2.07. The van der Waals surface area contributed by atoms with Gasteiger partial charge >= 0.3 is 11.9 Å². The monoisotopic (exact) mass is 412 g/mol. The predicted octanol–water partition coefficient (Wildman–Crippen LogP) is 4.26. The second-order valence-corrected chi connectivity index (χ2v) is 7.13. The highest BCUT2D eigenvalue weighted by molar-refractivity contribution is 5.90. The van der Waals surface area contributed by atoms with Crippen molar-refractivity contribution >= 4 is 11.9 Å². The molecule has 1 aromatic heterocycles. The lowest BCUT2D eigenvalue weighted by atomic mass is 10.1. The Kier molecular flexibility index (Phi) is 14.8. The van der Waals surface area contributed by atoms with Crippen molar-refractivity contribution in [3.63, 3.8) is 0 Å². The molecule has 0 saturated heterocycles. The second-order valence-electron chi connectivity index (χ2n) is 7.13. The van der Waals surface area contributed by atoms with Gasteiger partial charge in [-0.05, 0) is 37.8 Å². The Labute approximate surface area is 173 Å². The van der Waals surface area contributed by atoms with Crippen LogP contribution in [0.4, 0.5) is 0 Å². The molecule has 166 valence electrons. The lowest BCUT2D eigenvalue weighted by molar-refractivity contribution is 0.0426. The summed E-state index contributed by atoms with van der Waals surface area (Å²) >= 11 is 0. The zero-order valence-electron chi connectivity index (χ0n) is 17.4. The summed E-state index contributed by atoms with van der Waals surface area (Å²) in [6.07, 6.45) is 11.5. The highest BCUT2D eigenvalue weighted by Gasteiger charge is 2.17. The number of unbranched alkanes of at least 4 members (excludes halogenated alkanes) is 10. The van der Waals surface area contributed by atoms with E-state index >= 15 is 0 Å². The molecule has 2 N–H and O–H groups in total. The van der Waals surface area contributed by atoms with Crippen molar-refractivity contribution in [3.05, 3.63) is 23.7 Å². The first kappa shape index (κ1) is 25.2. The van der Waals surface area contributed by atoms with Gasteiger partial charge in [0.25, 0.3) is 0 Å². The zero-order valence-corrected chi connectivity index (χ0v) is 17.4. The molecule has 0 aliphatic heterocycles. The molecule has 7 heteroatoms. The fourth-order valence-corrected chi connectivity index (χ4v) is 2.87. The van der Waals surface area contributed by atoms with Crippen molar-refractivity contribution < 1.29 is 33.7 Å². The Morgan fingerprint density at radius 2 is 0.966 bits per heavy atom. The molecule has 0 spiro atoms. The molecule has 0 unspecified atom stereocenters. The molecule has 0 fully saturated rings. The smallest absolute Gasteiger partial charge is 0.374 e. The third kappa shape index (κ3) is 12.3. The van der Waals surface area contributed by atoms with E-state index in [0.717, 1.165) is 77.0 Å². The van der Waals surface area contributed by atoms with Gasteiger partial charge in [-0.3, -0.25) is 0 Å². The topological polar surface area (TPSA) is 106 Å². The van der Waals surface area contributed by atoms with Crippen molar-refractivity contribution in [3.8, 4) is 0 Å². The van der Waals surface area contributed by atoms with E-state index < -0.39 is 11.9 Å². The highest BCUT2D eigenvalue weighted by Crippen LogP contribution is 2.12. The summed E-state index contributed by atoms with van der Waals surface area (Å²) < 4.78 is 15.6. The van der Waals surface area contributed by atoms with Crippen molar-refractivity contribution in [2.24, 2.45) is 0 Å². The Morgan fingerprint density at radius 3 is 1.34 bits per heavy atom. The van der Waals surface area contributed by atoms with Gasteiger partial charge < -0.3 is 24.1 Å². The van der Waals surface area contributed by atoms with Gasteiger partial charge in [0.05, 0.1) is 13.2 Å². The number of esters is 2. The third-order valence-electron chi connectivity index (χ3n) is 4.58. The summed E-state index contributed by atoms with van der Waals surface area (Å²) in [5, 5.41) is 17.4. The van der Waals surface area contributed by atoms with E-state index in [-0.39, 0.29) is 24.7 Å². The van der Waals surface area contributed by atoms with Gasteiger partial charge in [0.2, 0.25) is 11.5 Å². The van der Waals surface area contributed by atoms with Crippen LogP contribution >= 0.6 is 0 Å². The van der Waals surface area contributed by atoms with E-state index in [1.54, 1.807) is 0 Å². The maximum Gasteiger partial charge on any atom is 0.374 e. The van der Waals surface area contributed by atoms with Crippen LogP contribution in [0, 0.1) is 0 Å². The predicted molar refractivity (Wildman–Crippen MR) is 109 cm³/mol. The van der Waals surface area contributed by atoms with Crippen molar-refractivity contribution in [2.75, 3.05) is 26.4 Å². The van der Waals surface area contributed by atoms with Gasteiger partial charge in [-0.25, -0.2) is 9.59 Å². The highest BCUT2D eigenvalue weighted by atomic mass is 16.6. The van der Waals surface area contributed by atoms with Gasteiger partial charge in [-0.1, -0.05) is 51.4 Å². The second kappa shape index (κ2) is 17.0. The van der Waals surface area contributed by atoms with E-state index in [9.17, 15) is 9.59 Å². The number of carbonyl (C=O) groups is 2. The zero-order chi connectivity index (χ0) is 21.2. The van der Waals surface area contributed by atoms with E-state index in [1.165, 1.54) is 12.1 Å². The van der Waals surface area contributed by atoms with Crippen molar-refractivity contribution in [1.82, 2.24) is 0 Å². The number of aliphatic hydroxyl groups is 2. The van der Waals surface area contributed by atoms with Gasteiger partial charge in [0.15, 0.2) is 0 Å². The largest absolute Gasteiger partial charge is 0.460 e. The minimum atomic E-state index is -0.577. The molecule has 0 saturated carbocycles. The standard InChI is InChI=1S/C22H36O7/c23-15-9-5-1-3-7-11-17-27-21(25)19-13-14-20(29-19)22(26)28-18-12-8-4-2-6-10-16-24/h13-14,23-24H,1-12,15-18H2. The molecule has 7 nitrogen and oxygen atoms in total. The van der Waals surface area contributed by atoms with Crippen LogP contribution in [0.1, 0.15) is 98.2 Å². The molecule has 29 heavy (non-hydrogen) atoms. The van der Waals surface area contributed by atoms with Crippen LogP contribution in [0.3, 0.4) is 0 Å². The lowest BCUT2D eigenvalue weighted by Gasteiger charge is -2.04. The van der Waals surface area contributed by atoms with Crippen LogP contribution in [0.5, 0.6) is 0 Å². The fourth-order valence-electron chi connectivity index (χ4n) is 2.87. The summed E-state index contributed by atoms with van der Waals surface area (Å²) in [7, 11) is 0. The molecular formula is C22H36O7.